The SMILES string of the molecule is O=C1CN=NN1CC1=CCCC1.O=c1[nH]nnn1C=C1CCCC1. The Morgan fingerprint density at radius 1 is 1.17 bits per heavy atom. The first-order valence-corrected chi connectivity index (χ1v) is 8.27. The number of aromatic amines is 1. The lowest BCUT2D eigenvalue weighted by atomic mass is 10.2. The summed E-state index contributed by atoms with van der Waals surface area (Å²) in [6.07, 6.45) is 12.1. The molecule has 1 fully saturated rings. The maximum Gasteiger partial charge on any atom is 0.365 e. The molecule has 1 saturated carbocycles. The van der Waals surface area contributed by atoms with Crippen LogP contribution in [0.2, 0.25) is 0 Å². The van der Waals surface area contributed by atoms with Gasteiger partial charge in [-0.3, -0.25) is 4.79 Å². The minimum absolute atomic E-state index is 0.0165. The first-order chi connectivity index (χ1) is 11.7. The monoisotopic (exact) mass is 331 g/mol. The van der Waals surface area contributed by atoms with Crippen LogP contribution in [0.25, 0.3) is 6.20 Å². The molecular formula is C15H21N7O2. The van der Waals surface area contributed by atoms with Crippen molar-refractivity contribution in [2.75, 3.05) is 13.1 Å². The Kier molecular flexibility index (Phi) is 5.29. The van der Waals surface area contributed by atoms with Gasteiger partial charge >= 0.3 is 5.69 Å². The molecule has 1 aliphatic heterocycles. The number of aromatic nitrogens is 4. The molecule has 0 spiro atoms. The fourth-order valence-electron chi connectivity index (χ4n) is 2.91. The van der Waals surface area contributed by atoms with Gasteiger partial charge in [-0.25, -0.2) is 14.9 Å². The van der Waals surface area contributed by atoms with Crippen molar-refractivity contribution >= 4 is 12.1 Å². The summed E-state index contributed by atoms with van der Waals surface area (Å²) in [7, 11) is 0. The van der Waals surface area contributed by atoms with Crippen molar-refractivity contribution in [3.63, 3.8) is 0 Å². The van der Waals surface area contributed by atoms with Gasteiger partial charge in [0.25, 0.3) is 5.91 Å². The first kappa shape index (κ1) is 16.3. The lowest BCUT2D eigenvalue weighted by Crippen LogP contribution is -2.24. The first-order valence-electron chi connectivity index (χ1n) is 8.27. The van der Waals surface area contributed by atoms with Crippen molar-refractivity contribution < 1.29 is 4.79 Å². The van der Waals surface area contributed by atoms with E-state index >= 15 is 0 Å². The van der Waals surface area contributed by atoms with E-state index in [0.29, 0.717) is 6.54 Å². The molecule has 0 saturated heterocycles. The predicted molar refractivity (Wildman–Crippen MR) is 86.8 cm³/mol. The molecule has 2 aliphatic carbocycles. The minimum Gasteiger partial charge on any atom is -0.271 e. The van der Waals surface area contributed by atoms with Crippen LogP contribution >= 0.6 is 0 Å². The Hall–Kier alpha value is -2.58. The molecule has 0 aromatic carbocycles. The number of tetrazole rings is 1. The zero-order valence-corrected chi connectivity index (χ0v) is 13.5. The van der Waals surface area contributed by atoms with E-state index in [1.165, 1.54) is 40.1 Å². The van der Waals surface area contributed by atoms with Gasteiger partial charge in [-0.1, -0.05) is 22.4 Å². The van der Waals surface area contributed by atoms with Gasteiger partial charge in [0, 0.05) is 6.20 Å². The highest BCUT2D eigenvalue weighted by molar-refractivity contribution is 5.79. The summed E-state index contributed by atoms with van der Waals surface area (Å²) in [5.41, 5.74) is 2.34. The van der Waals surface area contributed by atoms with E-state index in [1.54, 1.807) is 6.20 Å². The van der Waals surface area contributed by atoms with Crippen molar-refractivity contribution in [3.05, 3.63) is 27.7 Å². The Balaban J connectivity index is 0.000000141. The van der Waals surface area contributed by atoms with Crippen LogP contribution < -0.4 is 5.69 Å². The van der Waals surface area contributed by atoms with E-state index in [2.05, 4.69) is 31.9 Å². The van der Waals surface area contributed by atoms with E-state index < -0.39 is 0 Å². The maximum absolute atomic E-state index is 11.1. The van der Waals surface area contributed by atoms with E-state index in [4.69, 9.17) is 0 Å². The third-order valence-corrected chi connectivity index (χ3v) is 4.20. The fraction of sp³-hybridized carbons (Fsp3) is 0.600. The second-order valence-corrected chi connectivity index (χ2v) is 6.04. The van der Waals surface area contributed by atoms with Crippen molar-refractivity contribution in [2.24, 2.45) is 10.3 Å². The zero-order valence-electron chi connectivity index (χ0n) is 13.5. The molecule has 0 atom stereocenters. The van der Waals surface area contributed by atoms with Crippen LogP contribution in [-0.2, 0) is 4.79 Å². The fourth-order valence-corrected chi connectivity index (χ4v) is 2.91. The normalized spacial score (nSPS) is 19.5. The van der Waals surface area contributed by atoms with Crippen LogP contribution in [0, 0.1) is 0 Å². The molecule has 9 nitrogen and oxygen atoms in total. The van der Waals surface area contributed by atoms with Gasteiger partial charge < -0.3 is 0 Å². The van der Waals surface area contributed by atoms with E-state index in [-0.39, 0.29) is 18.1 Å². The molecule has 1 amide bonds. The highest BCUT2D eigenvalue weighted by Gasteiger charge is 2.19. The number of carbonyl (C=O) groups is 1. The number of allylic oxidation sites excluding steroid dienone is 2. The Labute approximate surface area is 139 Å². The summed E-state index contributed by atoms with van der Waals surface area (Å²) < 4.78 is 1.25. The molecule has 4 rings (SSSR count). The number of hydrogen-bond donors (Lipinski definition) is 1. The van der Waals surface area contributed by atoms with Crippen molar-refractivity contribution in [1.82, 2.24) is 25.2 Å². The smallest absolute Gasteiger partial charge is 0.271 e. The highest BCUT2D eigenvalue weighted by atomic mass is 16.2. The molecule has 1 N–H and O–H groups in total. The van der Waals surface area contributed by atoms with Gasteiger partial charge in [-0.05, 0) is 55.4 Å². The molecule has 1 aromatic heterocycles. The topological polar surface area (TPSA) is 109 Å². The number of carbonyl (C=O) groups excluding carboxylic acids is 1. The number of amides is 1. The van der Waals surface area contributed by atoms with Gasteiger partial charge in [0.15, 0.2) is 0 Å². The zero-order chi connectivity index (χ0) is 16.8. The van der Waals surface area contributed by atoms with Gasteiger partial charge in [-0.2, -0.15) is 9.80 Å². The average Bonchev–Trinajstić information content (AvgIpc) is 3.34. The molecular weight excluding hydrogens is 310 g/mol. The molecule has 128 valence electrons. The molecule has 2 heterocycles. The summed E-state index contributed by atoms with van der Waals surface area (Å²) in [6.45, 7) is 0.885. The van der Waals surface area contributed by atoms with Gasteiger partial charge in [-0.15, -0.1) is 0 Å². The minimum atomic E-state index is -0.269. The quantitative estimate of drug-likeness (QED) is 0.850. The molecule has 24 heavy (non-hydrogen) atoms. The van der Waals surface area contributed by atoms with Crippen molar-refractivity contribution in [3.8, 4) is 0 Å². The van der Waals surface area contributed by atoms with E-state index in [1.807, 2.05) is 0 Å². The summed E-state index contributed by atoms with van der Waals surface area (Å²) in [6, 6.07) is 0. The third-order valence-electron chi connectivity index (χ3n) is 4.20. The van der Waals surface area contributed by atoms with Crippen molar-refractivity contribution in [1.29, 1.82) is 0 Å². The van der Waals surface area contributed by atoms with Crippen LogP contribution in [0.15, 0.2) is 32.4 Å². The Morgan fingerprint density at radius 3 is 2.58 bits per heavy atom. The molecule has 1 aromatic rings. The maximum atomic E-state index is 11.1. The number of hydrogen-bond acceptors (Lipinski definition) is 6. The van der Waals surface area contributed by atoms with Crippen LogP contribution in [0.1, 0.15) is 44.9 Å². The van der Waals surface area contributed by atoms with Crippen LogP contribution in [0.4, 0.5) is 0 Å². The lowest BCUT2D eigenvalue weighted by molar-refractivity contribution is -0.127. The van der Waals surface area contributed by atoms with E-state index in [9.17, 15) is 9.59 Å². The largest absolute Gasteiger partial charge is 0.365 e. The average molecular weight is 331 g/mol. The predicted octanol–water partition coefficient (Wildman–Crippen LogP) is 1.69. The van der Waals surface area contributed by atoms with E-state index in [0.717, 1.165) is 25.7 Å². The molecule has 0 radical (unpaired) electrons. The van der Waals surface area contributed by atoms with Gasteiger partial charge in [0.1, 0.15) is 6.54 Å². The van der Waals surface area contributed by atoms with Gasteiger partial charge in [0.05, 0.1) is 6.54 Å². The van der Waals surface area contributed by atoms with Crippen molar-refractivity contribution in [2.45, 2.75) is 44.9 Å². The van der Waals surface area contributed by atoms with Gasteiger partial charge in [0.2, 0.25) is 0 Å². The second kappa shape index (κ2) is 7.80. The standard InChI is InChI=1S/C8H11N3O.C7H10N4O/c12-8-5-9-10-11(8)6-7-3-1-2-4-7;12-7-8-9-10-11(7)5-6-3-1-2-4-6/h3H,1-2,4-6H2;5H,1-4H2,(H,8,10,12). The summed E-state index contributed by atoms with van der Waals surface area (Å²) >= 11 is 0. The number of nitrogens with one attached hydrogen (secondary N) is 1. The van der Waals surface area contributed by atoms with Crippen LogP contribution in [-0.4, -0.2) is 44.2 Å². The number of H-pyrrole nitrogens is 1. The summed E-state index contributed by atoms with van der Waals surface area (Å²) in [5.74, 6) is 0.0165. The molecule has 0 unspecified atom stereocenters. The van der Waals surface area contributed by atoms with Crippen LogP contribution in [0.3, 0.4) is 0 Å². The Morgan fingerprint density at radius 2 is 2.00 bits per heavy atom. The number of rotatable bonds is 3. The molecule has 0 bridgehead atoms. The second-order valence-electron chi connectivity index (χ2n) is 6.04. The molecule has 3 aliphatic rings. The summed E-state index contributed by atoms with van der Waals surface area (Å²) in [4.78, 5) is 22.0. The lowest BCUT2D eigenvalue weighted by Gasteiger charge is -2.09. The Bertz CT molecular complexity index is 720. The molecule has 9 heteroatoms. The number of nitrogens with zero attached hydrogens (tertiary/aromatic N) is 6. The summed E-state index contributed by atoms with van der Waals surface area (Å²) in [5, 5.41) is 18.1. The van der Waals surface area contributed by atoms with Crippen LogP contribution in [0.5, 0.6) is 0 Å². The third kappa shape index (κ3) is 4.24. The highest BCUT2D eigenvalue weighted by Crippen LogP contribution is 2.23.